The average Bonchev–Trinajstić information content (AvgIpc) is 3.11. The van der Waals surface area contributed by atoms with Gasteiger partial charge >= 0.3 is 12.1 Å². The van der Waals surface area contributed by atoms with Crippen molar-refractivity contribution < 1.29 is 32.5 Å². The molecule has 6 atom stereocenters. The maximum absolute atomic E-state index is 13.1. The molecule has 1 N–H and O–H groups in total. The summed E-state index contributed by atoms with van der Waals surface area (Å²) in [5.74, 6) is -0.605. The van der Waals surface area contributed by atoms with E-state index in [1.165, 1.54) is 12.1 Å². The fourth-order valence-electron chi connectivity index (χ4n) is 7.44. The summed E-state index contributed by atoms with van der Waals surface area (Å²) in [6.07, 6.45) is -0.825. The van der Waals surface area contributed by atoms with Crippen LogP contribution in [0.15, 0.2) is 24.3 Å². The molecule has 0 spiro atoms. The molecular weight excluding hydrogens is 509 g/mol. The van der Waals surface area contributed by atoms with Crippen LogP contribution in [0.5, 0.6) is 0 Å². The maximum atomic E-state index is 13.1. The highest BCUT2D eigenvalue weighted by atomic mass is 35.5. The van der Waals surface area contributed by atoms with Gasteiger partial charge in [0, 0.05) is 56.9 Å². The van der Waals surface area contributed by atoms with Crippen molar-refractivity contribution in [2.45, 2.75) is 69.4 Å². The second-order valence-electron chi connectivity index (χ2n) is 11.7. The molecule has 2 aliphatic carbocycles. The number of piperazine rings is 1. The highest BCUT2D eigenvalue weighted by Gasteiger charge is 2.67. The lowest BCUT2D eigenvalue weighted by Gasteiger charge is -2.62. The molecule has 2 heterocycles. The number of esters is 1. The number of rotatable bonds is 4. The van der Waals surface area contributed by atoms with E-state index in [0.29, 0.717) is 51.3 Å². The minimum Gasteiger partial charge on any atom is -0.462 e. The van der Waals surface area contributed by atoms with Gasteiger partial charge in [0.25, 0.3) is 0 Å². The molecule has 2 unspecified atom stereocenters. The van der Waals surface area contributed by atoms with Gasteiger partial charge in [-0.2, -0.15) is 13.2 Å². The number of carbonyl (C=O) groups excluding carboxylic acids is 1. The number of benzene rings is 1. The zero-order valence-electron chi connectivity index (χ0n) is 21.7. The Kier molecular flexibility index (Phi) is 7.60. The predicted octanol–water partition coefficient (Wildman–Crippen LogP) is 4.53. The third kappa shape index (κ3) is 4.74. The van der Waals surface area contributed by atoms with Gasteiger partial charge in [0.1, 0.15) is 6.10 Å². The quantitative estimate of drug-likeness (QED) is 0.560. The molecule has 4 aliphatic rings. The molecule has 37 heavy (non-hydrogen) atoms. The lowest BCUT2D eigenvalue weighted by atomic mass is 9.49. The van der Waals surface area contributed by atoms with Crippen LogP contribution in [0.3, 0.4) is 0 Å². The zero-order valence-corrected chi connectivity index (χ0v) is 22.5. The van der Waals surface area contributed by atoms with Gasteiger partial charge in [0.05, 0.1) is 22.7 Å². The molecule has 2 saturated heterocycles. The van der Waals surface area contributed by atoms with Crippen LogP contribution in [-0.4, -0.2) is 73.1 Å². The van der Waals surface area contributed by atoms with E-state index in [2.05, 4.69) is 11.8 Å². The Bertz CT molecular complexity index is 1000. The van der Waals surface area contributed by atoms with Crippen molar-refractivity contribution in [2.24, 2.45) is 17.3 Å². The van der Waals surface area contributed by atoms with Crippen LogP contribution in [0.2, 0.25) is 0 Å². The minimum atomic E-state index is -4.37. The molecule has 2 aliphatic heterocycles. The van der Waals surface area contributed by atoms with Crippen LogP contribution in [0.4, 0.5) is 18.9 Å². The fraction of sp³-hybridized carbons (Fsp3) is 0.741. The van der Waals surface area contributed by atoms with Crippen molar-refractivity contribution in [1.82, 2.24) is 4.90 Å². The average molecular weight is 547 g/mol. The summed E-state index contributed by atoms with van der Waals surface area (Å²) in [7, 11) is 1.66. The predicted molar refractivity (Wildman–Crippen MR) is 136 cm³/mol. The Balaban J connectivity index is 0.00000320. The molecule has 0 aromatic heterocycles. The van der Waals surface area contributed by atoms with E-state index in [0.717, 1.165) is 25.3 Å². The van der Waals surface area contributed by atoms with Crippen LogP contribution in [0.25, 0.3) is 0 Å². The van der Waals surface area contributed by atoms with Gasteiger partial charge in [-0.15, -0.1) is 12.4 Å². The van der Waals surface area contributed by atoms with Gasteiger partial charge in [-0.1, -0.05) is 13.0 Å². The third-order valence-electron chi connectivity index (χ3n) is 9.82. The number of carbonyl (C=O) groups is 1. The van der Waals surface area contributed by atoms with Crippen molar-refractivity contribution in [3.8, 4) is 0 Å². The Hall–Kier alpha value is -1.55. The summed E-state index contributed by atoms with van der Waals surface area (Å²) < 4.78 is 51.2. The number of nitrogens with zero attached hydrogens (tertiary/aromatic N) is 2. The molecular formula is C27H38ClF3N2O4. The number of fused-ring (bicyclic) bond motifs is 2. The molecule has 208 valence electrons. The van der Waals surface area contributed by atoms with Crippen LogP contribution in [-0.2, 0) is 20.4 Å². The topological polar surface area (TPSA) is 62.2 Å². The summed E-state index contributed by atoms with van der Waals surface area (Å²) in [6.45, 7) is 7.09. The molecule has 1 aromatic carbocycles. The second kappa shape index (κ2) is 9.88. The van der Waals surface area contributed by atoms with Gasteiger partial charge in [0.2, 0.25) is 0 Å². The molecule has 0 bridgehead atoms. The van der Waals surface area contributed by atoms with E-state index in [-0.39, 0.29) is 41.7 Å². The lowest BCUT2D eigenvalue weighted by molar-refractivity contribution is -0.270. The molecule has 1 aromatic rings. The smallest absolute Gasteiger partial charge is 0.416 e. The summed E-state index contributed by atoms with van der Waals surface area (Å²) in [5.41, 5.74) is -2.16. The SMILES string of the molecule is CO[C@]1(C)CCC[C@]2(C)C[C@H]3OC(=O)C(CN4CCN(c5cccc(C(F)(F)F)c5)CC4)[C@H]3CC21O.Cl. The van der Waals surface area contributed by atoms with E-state index < -0.39 is 22.9 Å². The number of alkyl halides is 3. The van der Waals surface area contributed by atoms with Crippen molar-refractivity contribution in [3.63, 3.8) is 0 Å². The number of methoxy groups -OCH3 is 1. The summed E-state index contributed by atoms with van der Waals surface area (Å²) in [5, 5.41) is 12.1. The zero-order chi connectivity index (χ0) is 25.9. The first-order chi connectivity index (χ1) is 16.9. The monoisotopic (exact) mass is 546 g/mol. The Morgan fingerprint density at radius 1 is 1.14 bits per heavy atom. The largest absolute Gasteiger partial charge is 0.462 e. The normalized spacial score (nSPS) is 38.4. The summed E-state index contributed by atoms with van der Waals surface area (Å²) in [6, 6.07) is 5.44. The Morgan fingerprint density at radius 3 is 2.49 bits per heavy atom. The maximum Gasteiger partial charge on any atom is 0.416 e. The van der Waals surface area contributed by atoms with Crippen molar-refractivity contribution in [3.05, 3.63) is 29.8 Å². The number of ether oxygens (including phenoxy) is 2. The fourth-order valence-corrected chi connectivity index (χ4v) is 7.44. The van der Waals surface area contributed by atoms with Gasteiger partial charge < -0.3 is 19.5 Å². The molecule has 2 saturated carbocycles. The number of aliphatic hydroxyl groups is 1. The van der Waals surface area contributed by atoms with Crippen molar-refractivity contribution in [2.75, 3.05) is 44.7 Å². The van der Waals surface area contributed by atoms with Crippen LogP contribution >= 0.6 is 12.4 Å². The van der Waals surface area contributed by atoms with Crippen molar-refractivity contribution in [1.29, 1.82) is 0 Å². The first kappa shape index (κ1) is 28.5. The molecule has 10 heteroatoms. The van der Waals surface area contributed by atoms with Gasteiger partial charge in [-0.25, -0.2) is 0 Å². The van der Waals surface area contributed by atoms with Crippen LogP contribution in [0, 0.1) is 17.3 Å². The van der Waals surface area contributed by atoms with E-state index >= 15 is 0 Å². The van der Waals surface area contributed by atoms with Crippen molar-refractivity contribution >= 4 is 24.1 Å². The van der Waals surface area contributed by atoms with Crippen LogP contribution < -0.4 is 4.90 Å². The first-order valence-electron chi connectivity index (χ1n) is 13.0. The first-order valence-corrected chi connectivity index (χ1v) is 13.0. The van der Waals surface area contributed by atoms with E-state index in [4.69, 9.17) is 9.47 Å². The molecule has 0 amide bonds. The van der Waals surface area contributed by atoms with Crippen LogP contribution in [0.1, 0.15) is 51.5 Å². The molecule has 0 radical (unpaired) electrons. The number of hydrogen-bond donors (Lipinski definition) is 1. The standard InChI is InChI=1S/C27H37F3N2O4.ClH/c1-24-8-5-9-25(2,35-3)26(24,34)15-20-21(23(33)36-22(20)16-24)17-31-10-12-32(13-11-31)19-7-4-6-18(14-19)27(28,29)30;/h4,6-7,14,20-22,34H,5,8-13,15-17H2,1-3H3;1H/t20-,21?,22-,24-,25-,26?;/m1./s1. The Labute approximate surface area is 222 Å². The molecule has 5 rings (SSSR count). The number of anilines is 1. The highest BCUT2D eigenvalue weighted by Crippen LogP contribution is 2.61. The Morgan fingerprint density at radius 2 is 1.84 bits per heavy atom. The van der Waals surface area contributed by atoms with Gasteiger partial charge in [-0.3, -0.25) is 9.69 Å². The van der Waals surface area contributed by atoms with E-state index in [1.807, 2.05) is 11.8 Å². The second-order valence-corrected chi connectivity index (χ2v) is 11.7. The van der Waals surface area contributed by atoms with Gasteiger partial charge in [0.15, 0.2) is 0 Å². The summed E-state index contributed by atoms with van der Waals surface area (Å²) >= 11 is 0. The van der Waals surface area contributed by atoms with Gasteiger partial charge in [-0.05, 0) is 57.2 Å². The lowest BCUT2D eigenvalue weighted by Crippen LogP contribution is -2.69. The summed E-state index contributed by atoms with van der Waals surface area (Å²) in [4.78, 5) is 17.2. The number of hydrogen-bond acceptors (Lipinski definition) is 6. The molecule has 4 fully saturated rings. The minimum absolute atomic E-state index is 0. The third-order valence-corrected chi connectivity index (χ3v) is 9.82. The van der Waals surface area contributed by atoms with E-state index in [1.54, 1.807) is 13.2 Å². The molecule has 6 nitrogen and oxygen atoms in total. The number of halogens is 4. The van der Waals surface area contributed by atoms with E-state index in [9.17, 15) is 23.1 Å². The highest BCUT2D eigenvalue weighted by molar-refractivity contribution is 5.85.